The van der Waals surface area contributed by atoms with E-state index >= 15 is 0 Å². The average molecular weight is 206 g/mol. The van der Waals surface area contributed by atoms with Crippen LogP contribution in [0.3, 0.4) is 0 Å². The van der Waals surface area contributed by atoms with E-state index in [1.807, 2.05) is 18.2 Å². The molecule has 1 aliphatic rings. The quantitative estimate of drug-likeness (QED) is 0.503. The summed E-state index contributed by atoms with van der Waals surface area (Å²) in [7, 11) is 0. The Balaban J connectivity index is 1.47. The number of hydrogen-bond acceptors (Lipinski definition) is 3. The van der Waals surface area contributed by atoms with E-state index in [0.717, 1.165) is 18.9 Å². The molecule has 3 heteroatoms. The van der Waals surface area contributed by atoms with Gasteiger partial charge in [0, 0.05) is 25.4 Å². The van der Waals surface area contributed by atoms with Crippen molar-refractivity contribution < 1.29 is 4.74 Å². The van der Waals surface area contributed by atoms with Gasteiger partial charge in [0.15, 0.2) is 0 Å². The van der Waals surface area contributed by atoms with Gasteiger partial charge >= 0.3 is 0 Å². The highest BCUT2D eigenvalue weighted by molar-refractivity contribution is 5.08. The van der Waals surface area contributed by atoms with Crippen molar-refractivity contribution >= 4 is 0 Å². The highest BCUT2D eigenvalue weighted by Crippen LogP contribution is 2.08. The Morgan fingerprint density at radius 3 is 2.87 bits per heavy atom. The van der Waals surface area contributed by atoms with E-state index in [0.29, 0.717) is 0 Å². The van der Waals surface area contributed by atoms with E-state index < -0.39 is 0 Å². The standard InChI is InChI=1S/C12H18N2O/c1(4-8-14-9-10-14)5-11-15-12-6-2-3-7-13-12/h2-3,6-7H,1,4-5,8-11H2. The van der Waals surface area contributed by atoms with Crippen LogP contribution in [0.2, 0.25) is 0 Å². The Labute approximate surface area is 91.1 Å². The minimum absolute atomic E-state index is 0.739. The van der Waals surface area contributed by atoms with Gasteiger partial charge in [-0.3, -0.25) is 0 Å². The summed E-state index contributed by atoms with van der Waals surface area (Å²) in [5, 5.41) is 0. The van der Waals surface area contributed by atoms with Crippen molar-refractivity contribution in [2.75, 3.05) is 26.2 Å². The summed E-state index contributed by atoms with van der Waals surface area (Å²) >= 11 is 0. The maximum atomic E-state index is 5.50. The number of hydrogen-bond donors (Lipinski definition) is 0. The maximum Gasteiger partial charge on any atom is 0.213 e. The number of ether oxygens (including phenoxy) is 1. The number of nitrogens with zero attached hydrogens (tertiary/aromatic N) is 2. The van der Waals surface area contributed by atoms with E-state index in [4.69, 9.17) is 4.74 Å². The zero-order valence-corrected chi connectivity index (χ0v) is 9.06. The van der Waals surface area contributed by atoms with Crippen LogP contribution >= 0.6 is 0 Å². The first-order chi connectivity index (χ1) is 7.45. The summed E-state index contributed by atoms with van der Waals surface area (Å²) < 4.78 is 5.50. The molecular formula is C12H18N2O. The first-order valence-corrected chi connectivity index (χ1v) is 5.71. The summed E-state index contributed by atoms with van der Waals surface area (Å²) in [6, 6.07) is 5.75. The first kappa shape index (κ1) is 10.4. The Kier molecular flexibility index (Phi) is 3.97. The lowest BCUT2D eigenvalue weighted by Crippen LogP contribution is -2.02. The highest BCUT2D eigenvalue weighted by atomic mass is 16.5. The molecule has 0 atom stereocenters. The molecule has 0 spiro atoms. The molecule has 3 nitrogen and oxygen atoms in total. The number of rotatable bonds is 7. The van der Waals surface area contributed by atoms with Crippen LogP contribution in [0.25, 0.3) is 0 Å². The molecule has 1 aliphatic heterocycles. The Morgan fingerprint density at radius 1 is 1.20 bits per heavy atom. The molecule has 0 saturated carbocycles. The SMILES string of the molecule is c1ccc(OCCCCCN2CC2)nc1. The van der Waals surface area contributed by atoms with Crippen LogP contribution in [0.4, 0.5) is 0 Å². The minimum Gasteiger partial charge on any atom is -0.478 e. The lowest BCUT2D eigenvalue weighted by molar-refractivity contribution is 0.292. The Morgan fingerprint density at radius 2 is 2.13 bits per heavy atom. The molecule has 0 unspecified atom stereocenters. The van der Waals surface area contributed by atoms with E-state index in [2.05, 4.69) is 9.88 Å². The molecule has 0 amide bonds. The van der Waals surface area contributed by atoms with Gasteiger partial charge in [-0.1, -0.05) is 6.07 Å². The fourth-order valence-corrected chi connectivity index (χ4v) is 1.52. The predicted octanol–water partition coefficient (Wildman–Crippen LogP) is 1.95. The molecule has 1 saturated heterocycles. The van der Waals surface area contributed by atoms with Crippen LogP contribution in [0, 0.1) is 0 Å². The van der Waals surface area contributed by atoms with Gasteiger partial charge in [0.05, 0.1) is 6.61 Å². The summed E-state index contributed by atoms with van der Waals surface area (Å²) in [6.45, 7) is 4.68. The topological polar surface area (TPSA) is 25.1 Å². The Hall–Kier alpha value is -1.09. The lowest BCUT2D eigenvalue weighted by Gasteiger charge is -2.04. The van der Waals surface area contributed by atoms with Crippen LogP contribution < -0.4 is 4.74 Å². The third-order valence-corrected chi connectivity index (χ3v) is 2.55. The van der Waals surface area contributed by atoms with E-state index in [-0.39, 0.29) is 0 Å². The number of aromatic nitrogens is 1. The minimum atomic E-state index is 0.739. The maximum absolute atomic E-state index is 5.50. The fourth-order valence-electron chi connectivity index (χ4n) is 1.52. The molecule has 0 radical (unpaired) electrons. The van der Waals surface area contributed by atoms with E-state index in [9.17, 15) is 0 Å². The average Bonchev–Trinajstić information content (AvgIpc) is 3.09. The van der Waals surface area contributed by atoms with Crippen molar-refractivity contribution in [1.82, 2.24) is 9.88 Å². The second kappa shape index (κ2) is 5.71. The van der Waals surface area contributed by atoms with Gasteiger partial charge in [-0.25, -0.2) is 4.98 Å². The fraction of sp³-hybridized carbons (Fsp3) is 0.583. The normalized spacial score (nSPS) is 15.2. The van der Waals surface area contributed by atoms with Gasteiger partial charge in [0.2, 0.25) is 5.88 Å². The van der Waals surface area contributed by atoms with Crippen molar-refractivity contribution in [1.29, 1.82) is 0 Å². The van der Waals surface area contributed by atoms with Gasteiger partial charge in [-0.15, -0.1) is 0 Å². The van der Waals surface area contributed by atoms with E-state index in [1.54, 1.807) is 6.20 Å². The molecule has 15 heavy (non-hydrogen) atoms. The second-order valence-electron chi connectivity index (χ2n) is 3.92. The molecule has 82 valence electrons. The molecule has 2 rings (SSSR count). The van der Waals surface area contributed by atoms with Crippen molar-refractivity contribution in [2.45, 2.75) is 19.3 Å². The highest BCUT2D eigenvalue weighted by Gasteiger charge is 2.14. The van der Waals surface area contributed by atoms with Gasteiger partial charge in [-0.2, -0.15) is 0 Å². The summed E-state index contributed by atoms with van der Waals surface area (Å²) in [4.78, 5) is 6.56. The number of pyridine rings is 1. The lowest BCUT2D eigenvalue weighted by atomic mass is 10.2. The van der Waals surface area contributed by atoms with Crippen LogP contribution in [-0.4, -0.2) is 36.1 Å². The molecule has 0 bridgehead atoms. The van der Waals surface area contributed by atoms with Crippen LogP contribution in [0.1, 0.15) is 19.3 Å². The summed E-state index contributed by atoms with van der Waals surface area (Å²) in [5.74, 6) is 0.739. The molecule has 0 N–H and O–H groups in total. The van der Waals surface area contributed by atoms with Gasteiger partial charge in [-0.05, 0) is 31.9 Å². The van der Waals surface area contributed by atoms with Crippen LogP contribution in [0.15, 0.2) is 24.4 Å². The molecular weight excluding hydrogens is 188 g/mol. The molecule has 1 aromatic rings. The molecule has 0 aliphatic carbocycles. The first-order valence-electron chi connectivity index (χ1n) is 5.71. The Bertz CT molecular complexity index is 272. The van der Waals surface area contributed by atoms with E-state index in [1.165, 1.54) is 32.5 Å². The molecule has 0 aromatic carbocycles. The third-order valence-electron chi connectivity index (χ3n) is 2.55. The van der Waals surface area contributed by atoms with Crippen LogP contribution in [0.5, 0.6) is 5.88 Å². The zero-order valence-electron chi connectivity index (χ0n) is 9.06. The van der Waals surface area contributed by atoms with Crippen molar-refractivity contribution in [3.63, 3.8) is 0 Å². The second-order valence-corrected chi connectivity index (χ2v) is 3.92. The molecule has 1 aromatic heterocycles. The van der Waals surface area contributed by atoms with Gasteiger partial charge < -0.3 is 9.64 Å². The largest absolute Gasteiger partial charge is 0.478 e. The zero-order chi connectivity index (χ0) is 10.3. The smallest absolute Gasteiger partial charge is 0.213 e. The predicted molar refractivity (Wildman–Crippen MR) is 60.0 cm³/mol. The van der Waals surface area contributed by atoms with Gasteiger partial charge in [0.25, 0.3) is 0 Å². The van der Waals surface area contributed by atoms with Crippen molar-refractivity contribution in [3.05, 3.63) is 24.4 Å². The number of unbranched alkanes of at least 4 members (excludes halogenated alkanes) is 2. The van der Waals surface area contributed by atoms with Crippen molar-refractivity contribution in [2.24, 2.45) is 0 Å². The third kappa shape index (κ3) is 4.30. The van der Waals surface area contributed by atoms with Crippen LogP contribution in [-0.2, 0) is 0 Å². The summed E-state index contributed by atoms with van der Waals surface area (Å²) in [6.07, 6.45) is 5.44. The monoisotopic (exact) mass is 206 g/mol. The summed E-state index contributed by atoms with van der Waals surface area (Å²) in [5.41, 5.74) is 0. The van der Waals surface area contributed by atoms with Crippen molar-refractivity contribution in [3.8, 4) is 5.88 Å². The molecule has 1 fully saturated rings. The van der Waals surface area contributed by atoms with Gasteiger partial charge in [0.1, 0.15) is 0 Å². The molecule has 2 heterocycles.